The summed E-state index contributed by atoms with van der Waals surface area (Å²) in [5.74, 6) is 1.46. The predicted molar refractivity (Wildman–Crippen MR) is 73.2 cm³/mol. The number of methoxy groups -OCH3 is 1. The van der Waals surface area contributed by atoms with Gasteiger partial charge in [0.1, 0.15) is 11.5 Å². The highest BCUT2D eigenvalue weighted by Gasteiger charge is 2.16. The number of rotatable bonds is 7. The zero-order chi connectivity index (χ0) is 13.6. The van der Waals surface area contributed by atoms with Crippen LogP contribution in [-0.4, -0.2) is 25.9 Å². The summed E-state index contributed by atoms with van der Waals surface area (Å²) in [6.45, 7) is 7.18. The van der Waals surface area contributed by atoms with E-state index in [1.807, 2.05) is 26.8 Å². The van der Waals surface area contributed by atoms with Gasteiger partial charge in [0.05, 0.1) is 18.8 Å². The van der Waals surface area contributed by atoms with Crippen LogP contribution in [0.5, 0.6) is 11.5 Å². The number of ether oxygens (including phenoxy) is 3. The molecule has 0 amide bonds. The average Bonchev–Trinajstić information content (AvgIpc) is 2.28. The summed E-state index contributed by atoms with van der Waals surface area (Å²) in [6, 6.07) is 5.43. The van der Waals surface area contributed by atoms with Gasteiger partial charge in [0, 0.05) is 37.4 Å². The number of hydrogen-bond acceptors (Lipinski definition) is 4. The smallest absolute Gasteiger partial charge is 0.125 e. The van der Waals surface area contributed by atoms with Crippen molar-refractivity contribution < 1.29 is 14.2 Å². The normalized spacial score (nSPS) is 11.3. The van der Waals surface area contributed by atoms with Crippen molar-refractivity contribution in [2.24, 2.45) is 0 Å². The molecular weight excluding hydrogens is 230 g/mol. The lowest BCUT2D eigenvalue weighted by Gasteiger charge is -2.22. The molecular formula is C14H23NO3. The highest BCUT2D eigenvalue weighted by Crippen LogP contribution is 2.25. The zero-order valence-corrected chi connectivity index (χ0v) is 11.7. The highest BCUT2D eigenvalue weighted by atomic mass is 16.5. The molecule has 4 nitrogen and oxygen atoms in total. The number of hydrogen-bond donors (Lipinski definition) is 1. The van der Waals surface area contributed by atoms with Gasteiger partial charge in [-0.05, 0) is 20.8 Å². The van der Waals surface area contributed by atoms with E-state index < -0.39 is 0 Å². The maximum absolute atomic E-state index is 5.79. The molecule has 0 unspecified atom stereocenters. The fourth-order valence-electron chi connectivity index (χ4n) is 1.44. The Bertz CT molecular complexity index is 377. The van der Waals surface area contributed by atoms with E-state index in [0.717, 1.165) is 17.9 Å². The lowest BCUT2D eigenvalue weighted by atomic mass is 10.1. The van der Waals surface area contributed by atoms with Crippen molar-refractivity contribution in [1.29, 1.82) is 0 Å². The second kappa shape index (κ2) is 6.50. The number of nitrogen functional groups attached to an aromatic ring is 1. The molecule has 0 aliphatic heterocycles. The molecule has 0 heterocycles. The zero-order valence-electron chi connectivity index (χ0n) is 11.7. The molecule has 0 aliphatic carbocycles. The van der Waals surface area contributed by atoms with E-state index >= 15 is 0 Å². The van der Waals surface area contributed by atoms with Crippen LogP contribution in [0.1, 0.15) is 27.2 Å². The van der Waals surface area contributed by atoms with Gasteiger partial charge in [0.15, 0.2) is 0 Å². The Balaban J connectivity index is 2.56. The lowest BCUT2D eigenvalue weighted by Crippen LogP contribution is -2.25. The summed E-state index contributed by atoms with van der Waals surface area (Å²) in [5, 5.41) is 0. The van der Waals surface area contributed by atoms with Crippen LogP contribution >= 0.6 is 0 Å². The van der Waals surface area contributed by atoms with Crippen molar-refractivity contribution in [1.82, 2.24) is 0 Å². The quantitative estimate of drug-likeness (QED) is 0.759. The summed E-state index contributed by atoms with van der Waals surface area (Å²) in [4.78, 5) is 0. The van der Waals surface area contributed by atoms with Gasteiger partial charge in [-0.1, -0.05) is 0 Å². The molecule has 1 rings (SSSR count). The maximum atomic E-state index is 5.79. The third kappa shape index (κ3) is 4.84. The van der Waals surface area contributed by atoms with E-state index in [1.165, 1.54) is 0 Å². The van der Waals surface area contributed by atoms with E-state index in [-0.39, 0.29) is 5.60 Å². The molecule has 0 saturated carbocycles. The van der Waals surface area contributed by atoms with Gasteiger partial charge in [0.2, 0.25) is 0 Å². The van der Waals surface area contributed by atoms with Crippen LogP contribution in [-0.2, 0) is 4.74 Å². The van der Waals surface area contributed by atoms with Gasteiger partial charge in [-0.15, -0.1) is 0 Å². The maximum Gasteiger partial charge on any atom is 0.125 e. The second-order valence-corrected chi connectivity index (χ2v) is 4.73. The van der Waals surface area contributed by atoms with Gasteiger partial charge >= 0.3 is 0 Å². The molecule has 0 aliphatic rings. The Morgan fingerprint density at radius 2 is 1.72 bits per heavy atom. The van der Waals surface area contributed by atoms with Crippen LogP contribution in [0.15, 0.2) is 18.2 Å². The Hall–Kier alpha value is -1.42. The Morgan fingerprint density at radius 3 is 2.28 bits per heavy atom. The van der Waals surface area contributed by atoms with Gasteiger partial charge in [-0.2, -0.15) is 0 Å². The van der Waals surface area contributed by atoms with E-state index in [2.05, 4.69) is 0 Å². The minimum atomic E-state index is -0.178. The first-order chi connectivity index (χ1) is 8.46. The van der Waals surface area contributed by atoms with E-state index in [1.54, 1.807) is 19.2 Å². The van der Waals surface area contributed by atoms with E-state index in [4.69, 9.17) is 19.9 Å². The van der Waals surface area contributed by atoms with Crippen molar-refractivity contribution in [3.8, 4) is 11.5 Å². The second-order valence-electron chi connectivity index (χ2n) is 4.73. The first kappa shape index (κ1) is 14.6. The molecule has 102 valence electrons. The summed E-state index contributed by atoms with van der Waals surface area (Å²) in [7, 11) is 1.70. The largest absolute Gasteiger partial charge is 0.494 e. The topological polar surface area (TPSA) is 53.7 Å². The molecule has 0 spiro atoms. The molecule has 0 fully saturated rings. The SMILES string of the molecule is CCOc1cc(N)cc(OCCC(C)(C)OC)c1. The van der Waals surface area contributed by atoms with Gasteiger partial charge in [0.25, 0.3) is 0 Å². The third-order valence-corrected chi connectivity index (χ3v) is 2.74. The van der Waals surface area contributed by atoms with Gasteiger partial charge in [-0.25, -0.2) is 0 Å². The standard InChI is InChI=1S/C14H23NO3/c1-5-17-12-8-11(15)9-13(10-12)18-7-6-14(2,3)16-4/h8-10H,5-7,15H2,1-4H3. The summed E-state index contributed by atoms with van der Waals surface area (Å²) < 4.78 is 16.4. The van der Waals surface area contributed by atoms with Crippen LogP contribution in [0.4, 0.5) is 5.69 Å². The molecule has 0 saturated heterocycles. The van der Waals surface area contributed by atoms with Gasteiger partial charge in [-0.3, -0.25) is 0 Å². The molecule has 4 heteroatoms. The van der Waals surface area contributed by atoms with Crippen molar-refractivity contribution in [2.75, 3.05) is 26.1 Å². The van der Waals surface area contributed by atoms with Crippen molar-refractivity contribution >= 4 is 5.69 Å². The minimum absolute atomic E-state index is 0.178. The Morgan fingerprint density at radius 1 is 1.11 bits per heavy atom. The lowest BCUT2D eigenvalue weighted by molar-refractivity contribution is 0.00545. The summed E-state index contributed by atoms with van der Waals surface area (Å²) in [6.07, 6.45) is 0.808. The van der Waals surface area contributed by atoms with Crippen molar-refractivity contribution in [2.45, 2.75) is 32.8 Å². The summed E-state index contributed by atoms with van der Waals surface area (Å²) >= 11 is 0. The fourth-order valence-corrected chi connectivity index (χ4v) is 1.44. The van der Waals surface area contributed by atoms with Crippen molar-refractivity contribution in [3.05, 3.63) is 18.2 Å². The van der Waals surface area contributed by atoms with Crippen LogP contribution in [0.25, 0.3) is 0 Å². The fraction of sp³-hybridized carbons (Fsp3) is 0.571. The van der Waals surface area contributed by atoms with Crippen LogP contribution in [0.2, 0.25) is 0 Å². The molecule has 0 aromatic heterocycles. The van der Waals surface area contributed by atoms with E-state index in [9.17, 15) is 0 Å². The highest BCUT2D eigenvalue weighted by molar-refractivity contribution is 5.50. The van der Waals surface area contributed by atoms with Crippen molar-refractivity contribution in [3.63, 3.8) is 0 Å². The van der Waals surface area contributed by atoms with Crippen LogP contribution < -0.4 is 15.2 Å². The Labute approximate surface area is 109 Å². The molecule has 1 aromatic rings. The molecule has 1 aromatic carbocycles. The molecule has 0 bridgehead atoms. The number of nitrogens with two attached hydrogens (primary N) is 1. The van der Waals surface area contributed by atoms with Crippen LogP contribution in [0.3, 0.4) is 0 Å². The van der Waals surface area contributed by atoms with Gasteiger partial charge < -0.3 is 19.9 Å². The van der Waals surface area contributed by atoms with E-state index in [0.29, 0.717) is 18.9 Å². The molecule has 18 heavy (non-hydrogen) atoms. The monoisotopic (exact) mass is 253 g/mol. The molecule has 2 N–H and O–H groups in total. The molecule has 0 atom stereocenters. The third-order valence-electron chi connectivity index (χ3n) is 2.74. The molecule has 0 radical (unpaired) electrons. The Kier molecular flexibility index (Phi) is 5.28. The number of benzene rings is 1. The minimum Gasteiger partial charge on any atom is -0.494 e. The summed E-state index contributed by atoms with van der Waals surface area (Å²) in [5.41, 5.74) is 6.25. The first-order valence-electron chi connectivity index (χ1n) is 6.18. The predicted octanol–water partition coefficient (Wildman–Crippen LogP) is 2.86. The number of anilines is 1. The first-order valence-corrected chi connectivity index (χ1v) is 6.18. The average molecular weight is 253 g/mol. The van der Waals surface area contributed by atoms with Crippen LogP contribution in [0, 0.1) is 0 Å².